The lowest BCUT2D eigenvalue weighted by molar-refractivity contribution is 0.0705. The number of carbonyl (C=O) groups is 1. The highest BCUT2D eigenvalue weighted by Gasteiger charge is 2.29. The SMILES string of the molecule is Cc1cc(C(=O)N2CCC[C@H](c3ncon3)C2)c2cccc(Cl)c2n1. The Hall–Kier alpha value is -2.47. The maximum absolute atomic E-state index is 13.2. The Morgan fingerprint density at radius 1 is 1.40 bits per heavy atom. The van der Waals surface area contributed by atoms with Crippen LogP contribution in [0.2, 0.25) is 5.02 Å². The summed E-state index contributed by atoms with van der Waals surface area (Å²) in [6.07, 6.45) is 3.19. The molecule has 1 saturated heterocycles. The molecule has 4 rings (SSSR count). The van der Waals surface area contributed by atoms with Crippen LogP contribution in [-0.4, -0.2) is 39.0 Å². The molecule has 0 aliphatic carbocycles. The number of benzene rings is 1. The number of para-hydroxylation sites is 1. The summed E-state index contributed by atoms with van der Waals surface area (Å²) in [5.41, 5.74) is 2.08. The summed E-state index contributed by atoms with van der Waals surface area (Å²) in [6.45, 7) is 3.18. The van der Waals surface area contributed by atoms with E-state index in [0.29, 0.717) is 28.5 Å². The minimum absolute atomic E-state index is 0.00837. The molecule has 1 amide bonds. The molecule has 0 spiro atoms. The van der Waals surface area contributed by atoms with Crippen LogP contribution >= 0.6 is 11.6 Å². The van der Waals surface area contributed by atoms with Crippen LogP contribution < -0.4 is 0 Å². The van der Waals surface area contributed by atoms with Crippen LogP contribution in [0.1, 0.15) is 40.6 Å². The van der Waals surface area contributed by atoms with Gasteiger partial charge in [0.1, 0.15) is 0 Å². The van der Waals surface area contributed by atoms with Crippen LogP contribution in [0.25, 0.3) is 10.9 Å². The van der Waals surface area contributed by atoms with Crippen molar-refractivity contribution in [1.82, 2.24) is 20.0 Å². The first-order valence-electron chi connectivity index (χ1n) is 8.25. The molecular formula is C18H17ClN4O2. The zero-order chi connectivity index (χ0) is 17.4. The van der Waals surface area contributed by atoms with Gasteiger partial charge in [0.25, 0.3) is 5.91 Å². The molecule has 1 aromatic carbocycles. The van der Waals surface area contributed by atoms with E-state index in [0.717, 1.165) is 30.5 Å². The molecule has 3 heterocycles. The molecule has 7 heteroatoms. The van der Waals surface area contributed by atoms with Gasteiger partial charge in [-0.1, -0.05) is 28.9 Å². The minimum atomic E-state index is -0.00837. The number of aromatic nitrogens is 3. The molecular weight excluding hydrogens is 340 g/mol. The molecule has 1 aliphatic heterocycles. The minimum Gasteiger partial charge on any atom is -0.343 e. The van der Waals surface area contributed by atoms with Gasteiger partial charge >= 0.3 is 0 Å². The Balaban J connectivity index is 1.69. The Morgan fingerprint density at radius 3 is 3.08 bits per heavy atom. The number of amides is 1. The van der Waals surface area contributed by atoms with Gasteiger partial charge in [-0.2, -0.15) is 4.98 Å². The average molecular weight is 357 g/mol. The highest BCUT2D eigenvalue weighted by Crippen LogP contribution is 2.29. The third-order valence-corrected chi connectivity index (χ3v) is 4.91. The first-order chi connectivity index (χ1) is 12.1. The number of nitrogens with zero attached hydrogens (tertiary/aromatic N) is 4. The number of hydrogen-bond donors (Lipinski definition) is 0. The van der Waals surface area contributed by atoms with E-state index < -0.39 is 0 Å². The predicted octanol–water partition coefficient (Wildman–Crippen LogP) is 3.60. The van der Waals surface area contributed by atoms with Crippen molar-refractivity contribution >= 4 is 28.4 Å². The zero-order valence-corrected chi connectivity index (χ0v) is 14.5. The van der Waals surface area contributed by atoms with Crippen molar-refractivity contribution in [3.8, 4) is 0 Å². The number of carbonyl (C=O) groups excluding carboxylic acids is 1. The van der Waals surface area contributed by atoms with Gasteiger partial charge in [-0.3, -0.25) is 9.78 Å². The number of pyridine rings is 1. The molecule has 25 heavy (non-hydrogen) atoms. The van der Waals surface area contributed by atoms with Crippen LogP contribution in [-0.2, 0) is 0 Å². The molecule has 3 aromatic rings. The van der Waals surface area contributed by atoms with Gasteiger partial charge in [-0.25, -0.2) is 0 Å². The first kappa shape index (κ1) is 16.0. The van der Waals surface area contributed by atoms with Crippen molar-refractivity contribution in [1.29, 1.82) is 0 Å². The van der Waals surface area contributed by atoms with E-state index in [1.54, 1.807) is 6.07 Å². The molecule has 1 atom stereocenters. The van der Waals surface area contributed by atoms with Crippen LogP contribution in [0.4, 0.5) is 0 Å². The first-order valence-corrected chi connectivity index (χ1v) is 8.62. The van der Waals surface area contributed by atoms with Crippen LogP contribution in [0.3, 0.4) is 0 Å². The largest absolute Gasteiger partial charge is 0.343 e. The number of likely N-dealkylation sites (tertiary alicyclic amines) is 1. The second-order valence-corrected chi connectivity index (χ2v) is 6.73. The molecule has 0 radical (unpaired) electrons. The Morgan fingerprint density at radius 2 is 2.28 bits per heavy atom. The summed E-state index contributed by atoms with van der Waals surface area (Å²) in [6, 6.07) is 7.36. The van der Waals surface area contributed by atoms with E-state index in [9.17, 15) is 4.79 Å². The molecule has 0 bridgehead atoms. The topological polar surface area (TPSA) is 72.1 Å². The normalized spacial score (nSPS) is 17.8. The Kier molecular flexibility index (Phi) is 4.13. The van der Waals surface area contributed by atoms with Gasteiger partial charge in [-0.15, -0.1) is 0 Å². The van der Waals surface area contributed by atoms with E-state index in [4.69, 9.17) is 16.1 Å². The molecule has 1 aliphatic rings. The molecule has 128 valence electrons. The van der Waals surface area contributed by atoms with Gasteiger partial charge in [0.05, 0.1) is 16.1 Å². The van der Waals surface area contributed by atoms with Gasteiger partial charge in [0.15, 0.2) is 5.82 Å². The van der Waals surface area contributed by atoms with Crippen LogP contribution in [0.15, 0.2) is 35.2 Å². The molecule has 0 N–H and O–H groups in total. The number of fused-ring (bicyclic) bond motifs is 1. The molecule has 0 unspecified atom stereocenters. The monoisotopic (exact) mass is 356 g/mol. The van der Waals surface area contributed by atoms with E-state index >= 15 is 0 Å². The Labute approximate surface area is 149 Å². The lowest BCUT2D eigenvalue weighted by Crippen LogP contribution is -2.39. The van der Waals surface area contributed by atoms with Gasteiger partial charge in [0, 0.05) is 30.1 Å². The average Bonchev–Trinajstić information content (AvgIpc) is 3.16. The van der Waals surface area contributed by atoms with E-state index in [1.165, 1.54) is 6.39 Å². The van der Waals surface area contributed by atoms with Crippen molar-refractivity contribution in [3.63, 3.8) is 0 Å². The highest BCUT2D eigenvalue weighted by molar-refractivity contribution is 6.35. The van der Waals surface area contributed by atoms with Crippen molar-refractivity contribution in [2.24, 2.45) is 0 Å². The number of hydrogen-bond acceptors (Lipinski definition) is 5. The molecule has 0 saturated carbocycles. The van der Waals surface area contributed by atoms with Crippen LogP contribution in [0, 0.1) is 6.92 Å². The summed E-state index contributed by atoms with van der Waals surface area (Å²) in [5, 5.41) is 5.27. The number of aryl methyl sites for hydroxylation is 1. The fourth-order valence-corrected chi connectivity index (χ4v) is 3.64. The zero-order valence-electron chi connectivity index (χ0n) is 13.8. The maximum Gasteiger partial charge on any atom is 0.254 e. The summed E-state index contributed by atoms with van der Waals surface area (Å²) in [7, 11) is 0. The fourth-order valence-electron chi connectivity index (χ4n) is 3.42. The summed E-state index contributed by atoms with van der Waals surface area (Å²) >= 11 is 6.27. The molecule has 2 aromatic heterocycles. The predicted molar refractivity (Wildman–Crippen MR) is 93.7 cm³/mol. The maximum atomic E-state index is 13.2. The second-order valence-electron chi connectivity index (χ2n) is 6.33. The fraction of sp³-hybridized carbons (Fsp3) is 0.333. The summed E-state index contributed by atoms with van der Waals surface area (Å²) in [5.74, 6) is 0.761. The number of halogens is 1. The lowest BCUT2D eigenvalue weighted by atomic mass is 9.96. The number of rotatable bonds is 2. The lowest BCUT2D eigenvalue weighted by Gasteiger charge is -2.31. The third kappa shape index (κ3) is 2.98. The quantitative estimate of drug-likeness (QED) is 0.701. The van der Waals surface area contributed by atoms with E-state index in [1.807, 2.05) is 30.0 Å². The highest BCUT2D eigenvalue weighted by atomic mass is 35.5. The van der Waals surface area contributed by atoms with Crippen molar-refractivity contribution in [3.05, 3.63) is 52.8 Å². The summed E-state index contributed by atoms with van der Waals surface area (Å²) < 4.78 is 4.85. The van der Waals surface area contributed by atoms with Gasteiger partial charge in [-0.05, 0) is 31.9 Å². The molecule has 6 nitrogen and oxygen atoms in total. The smallest absolute Gasteiger partial charge is 0.254 e. The third-order valence-electron chi connectivity index (χ3n) is 4.60. The van der Waals surface area contributed by atoms with Crippen LogP contribution in [0.5, 0.6) is 0 Å². The standard InChI is InChI=1S/C18H17ClN4O2/c1-11-8-14(13-5-2-6-15(19)16(13)21-11)18(24)23-7-3-4-12(9-23)17-20-10-25-22-17/h2,5-6,8,10,12H,3-4,7,9H2,1H3/t12-/m0/s1. The number of piperidine rings is 1. The summed E-state index contributed by atoms with van der Waals surface area (Å²) in [4.78, 5) is 23.7. The van der Waals surface area contributed by atoms with Gasteiger partial charge < -0.3 is 9.42 Å². The molecule has 1 fully saturated rings. The van der Waals surface area contributed by atoms with Gasteiger partial charge in [0.2, 0.25) is 6.39 Å². The van der Waals surface area contributed by atoms with E-state index in [-0.39, 0.29) is 11.8 Å². The van der Waals surface area contributed by atoms with Crippen molar-refractivity contribution in [2.45, 2.75) is 25.7 Å². The van der Waals surface area contributed by atoms with Crippen molar-refractivity contribution < 1.29 is 9.32 Å². The van der Waals surface area contributed by atoms with Crippen molar-refractivity contribution in [2.75, 3.05) is 13.1 Å². The second kappa shape index (κ2) is 6.44. The van der Waals surface area contributed by atoms with E-state index in [2.05, 4.69) is 15.1 Å². The Bertz CT molecular complexity index is 926.